The molecule has 0 fully saturated rings. The Bertz CT molecular complexity index is 310. The molecular formula is C8H8F4N2. The Labute approximate surface area is 78.0 Å². The summed E-state index contributed by atoms with van der Waals surface area (Å²) in [7, 11) is 1.12. The summed E-state index contributed by atoms with van der Waals surface area (Å²) in [5, 5.41) is 2.01. The van der Waals surface area contributed by atoms with Crippen LogP contribution in [0.25, 0.3) is 0 Å². The molecule has 14 heavy (non-hydrogen) atoms. The van der Waals surface area contributed by atoms with E-state index in [0.717, 1.165) is 25.5 Å². The number of nitrogens with one attached hydrogen (secondary N) is 1. The van der Waals surface area contributed by atoms with E-state index in [4.69, 9.17) is 0 Å². The number of pyridine rings is 1. The minimum absolute atomic E-state index is 0.449. The predicted octanol–water partition coefficient (Wildman–Crippen LogP) is 2.04. The molecule has 0 radical (unpaired) electrons. The standard InChI is InChI=1S/C8H8F4N2/c1-13-7(8(10,11)12)5-2-3-14-4-6(5)9/h2-4,7,13H,1H3. The van der Waals surface area contributed by atoms with Crippen LogP contribution in [-0.4, -0.2) is 18.2 Å². The van der Waals surface area contributed by atoms with Crippen LogP contribution >= 0.6 is 0 Å². The lowest BCUT2D eigenvalue weighted by Gasteiger charge is -2.19. The van der Waals surface area contributed by atoms with Crippen molar-refractivity contribution in [2.24, 2.45) is 0 Å². The summed E-state index contributed by atoms with van der Waals surface area (Å²) in [4.78, 5) is 3.37. The second-order valence-electron chi connectivity index (χ2n) is 2.66. The molecule has 0 aromatic carbocycles. The van der Waals surface area contributed by atoms with Crippen LogP contribution in [-0.2, 0) is 0 Å². The minimum atomic E-state index is -4.52. The molecule has 78 valence electrons. The monoisotopic (exact) mass is 208 g/mol. The molecule has 0 spiro atoms. The first-order valence-electron chi connectivity index (χ1n) is 3.80. The van der Waals surface area contributed by atoms with Gasteiger partial charge in [-0.05, 0) is 13.1 Å². The highest BCUT2D eigenvalue weighted by atomic mass is 19.4. The van der Waals surface area contributed by atoms with E-state index in [1.807, 2.05) is 5.32 Å². The summed E-state index contributed by atoms with van der Waals surface area (Å²) in [6, 6.07) is -0.991. The van der Waals surface area contributed by atoms with Gasteiger partial charge in [0, 0.05) is 11.8 Å². The zero-order valence-electron chi connectivity index (χ0n) is 7.27. The molecule has 0 saturated carbocycles. The van der Waals surface area contributed by atoms with Crippen LogP contribution in [0.1, 0.15) is 11.6 Å². The molecule has 1 unspecified atom stereocenters. The third-order valence-corrected chi connectivity index (χ3v) is 1.73. The second kappa shape index (κ2) is 3.91. The van der Waals surface area contributed by atoms with Crippen molar-refractivity contribution in [2.45, 2.75) is 12.2 Å². The van der Waals surface area contributed by atoms with Gasteiger partial charge >= 0.3 is 6.18 Å². The molecule has 6 heteroatoms. The van der Waals surface area contributed by atoms with Gasteiger partial charge in [0.2, 0.25) is 0 Å². The average Bonchev–Trinajstić information content (AvgIpc) is 2.07. The molecule has 1 aromatic heterocycles. The molecule has 0 aliphatic rings. The van der Waals surface area contributed by atoms with Gasteiger partial charge < -0.3 is 5.32 Å². The van der Waals surface area contributed by atoms with Crippen LogP contribution in [0.4, 0.5) is 17.6 Å². The van der Waals surface area contributed by atoms with Gasteiger partial charge in [-0.25, -0.2) is 4.39 Å². The van der Waals surface area contributed by atoms with Crippen LogP contribution in [0, 0.1) is 5.82 Å². The molecule has 0 bridgehead atoms. The van der Waals surface area contributed by atoms with E-state index in [1.54, 1.807) is 0 Å². The number of rotatable bonds is 2. The third-order valence-electron chi connectivity index (χ3n) is 1.73. The largest absolute Gasteiger partial charge is 0.408 e. The van der Waals surface area contributed by atoms with Crippen LogP contribution in [0.5, 0.6) is 0 Å². The summed E-state index contributed by atoms with van der Waals surface area (Å²) in [6.07, 6.45) is -2.64. The maximum absolute atomic E-state index is 13.0. The topological polar surface area (TPSA) is 24.9 Å². The van der Waals surface area contributed by atoms with E-state index < -0.39 is 23.6 Å². The summed E-state index contributed by atoms with van der Waals surface area (Å²) >= 11 is 0. The highest BCUT2D eigenvalue weighted by Gasteiger charge is 2.40. The fourth-order valence-corrected chi connectivity index (χ4v) is 1.12. The molecule has 1 atom stereocenters. The second-order valence-corrected chi connectivity index (χ2v) is 2.66. The Morgan fingerprint density at radius 3 is 2.50 bits per heavy atom. The molecule has 0 aliphatic carbocycles. The van der Waals surface area contributed by atoms with E-state index in [1.165, 1.54) is 0 Å². The fourth-order valence-electron chi connectivity index (χ4n) is 1.12. The molecule has 2 nitrogen and oxygen atoms in total. The van der Waals surface area contributed by atoms with Gasteiger partial charge in [-0.3, -0.25) is 4.98 Å². The number of hydrogen-bond acceptors (Lipinski definition) is 2. The van der Waals surface area contributed by atoms with Gasteiger partial charge in [-0.15, -0.1) is 0 Å². The summed E-state index contributed by atoms with van der Waals surface area (Å²) in [5.74, 6) is -0.968. The molecule has 0 saturated heterocycles. The number of hydrogen-bond donors (Lipinski definition) is 1. The van der Waals surface area contributed by atoms with Crippen molar-refractivity contribution >= 4 is 0 Å². The Morgan fingerprint density at radius 1 is 1.43 bits per heavy atom. The number of aromatic nitrogens is 1. The van der Waals surface area contributed by atoms with Crippen molar-refractivity contribution in [3.8, 4) is 0 Å². The van der Waals surface area contributed by atoms with Crippen molar-refractivity contribution < 1.29 is 17.6 Å². The van der Waals surface area contributed by atoms with Gasteiger partial charge in [0.05, 0.1) is 6.20 Å². The molecular weight excluding hydrogens is 200 g/mol. The van der Waals surface area contributed by atoms with Crippen LogP contribution in [0.3, 0.4) is 0 Å². The first-order valence-corrected chi connectivity index (χ1v) is 3.80. The fraction of sp³-hybridized carbons (Fsp3) is 0.375. The molecule has 0 aliphatic heterocycles. The van der Waals surface area contributed by atoms with Crippen LogP contribution < -0.4 is 5.32 Å². The highest BCUT2D eigenvalue weighted by Crippen LogP contribution is 2.32. The summed E-state index contributed by atoms with van der Waals surface area (Å²) in [6.45, 7) is 0. The van der Waals surface area contributed by atoms with Gasteiger partial charge in [0.1, 0.15) is 11.9 Å². The lowest BCUT2D eigenvalue weighted by Crippen LogP contribution is -2.32. The zero-order valence-corrected chi connectivity index (χ0v) is 7.27. The molecule has 1 heterocycles. The lowest BCUT2D eigenvalue weighted by atomic mass is 10.1. The van der Waals surface area contributed by atoms with E-state index in [-0.39, 0.29) is 0 Å². The minimum Gasteiger partial charge on any atom is -0.305 e. The Balaban J connectivity index is 3.08. The number of halogens is 4. The maximum Gasteiger partial charge on any atom is 0.408 e. The Morgan fingerprint density at radius 2 is 2.07 bits per heavy atom. The predicted molar refractivity (Wildman–Crippen MR) is 42.1 cm³/mol. The third kappa shape index (κ3) is 2.20. The van der Waals surface area contributed by atoms with Crippen molar-refractivity contribution in [1.82, 2.24) is 10.3 Å². The molecule has 1 aromatic rings. The quantitative estimate of drug-likeness (QED) is 0.752. The van der Waals surface area contributed by atoms with E-state index in [2.05, 4.69) is 4.98 Å². The van der Waals surface area contributed by atoms with Gasteiger partial charge in [0.15, 0.2) is 0 Å². The van der Waals surface area contributed by atoms with Crippen LogP contribution in [0.2, 0.25) is 0 Å². The summed E-state index contributed by atoms with van der Waals surface area (Å²) in [5.41, 5.74) is -0.449. The van der Waals surface area contributed by atoms with Gasteiger partial charge in [-0.2, -0.15) is 13.2 Å². The van der Waals surface area contributed by atoms with Gasteiger partial charge in [-0.1, -0.05) is 0 Å². The average molecular weight is 208 g/mol. The van der Waals surface area contributed by atoms with Gasteiger partial charge in [0.25, 0.3) is 0 Å². The van der Waals surface area contributed by atoms with E-state index in [9.17, 15) is 17.6 Å². The van der Waals surface area contributed by atoms with Crippen molar-refractivity contribution in [1.29, 1.82) is 0 Å². The summed E-state index contributed by atoms with van der Waals surface area (Å²) < 4.78 is 50.0. The van der Waals surface area contributed by atoms with Crippen molar-refractivity contribution in [2.75, 3.05) is 7.05 Å². The number of nitrogens with zero attached hydrogens (tertiary/aromatic N) is 1. The molecule has 1 N–H and O–H groups in total. The SMILES string of the molecule is CNC(c1ccncc1F)C(F)(F)F. The van der Waals surface area contributed by atoms with Crippen LogP contribution in [0.15, 0.2) is 18.5 Å². The first-order chi connectivity index (χ1) is 6.46. The van der Waals surface area contributed by atoms with E-state index >= 15 is 0 Å². The van der Waals surface area contributed by atoms with E-state index in [0.29, 0.717) is 0 Å². The smallest absolute Gasteiger partial charge is 0.305 e. The van der Waals surface area contributed by atoms with Crippen molar-refractivity contribution in [3.63, 3.8) is 0 Å². The number of alkyl halides is 3. The Hall–Kier alpha value is -1.17. The highest BCUT2D eigenvalue weighted by molar-refractivity contribution is 5.18. The maximum atomic E-state index is 13.0. The first kappa shape index (κ1) is 10.9. The molecule has 1 rings (SSSR count). The molecule has 0 amide bonds. The van der Waals surface area contributed by atoms with Crippen molar-refractivity contribution in [3.05, 3.63) is 29.8 Å². The lowest BCUT2D eigenvalue weighted by molar-refractivity contribution is -0.156. The zero-order chi connectivity index (χ0) is 10.8. The Kier molecular flexibility index (Phi) is 3.05. The normalized spacial score (nSPS) is 14.1.